The SMILES string of the molecule is CCCNC(c1cccc(C2CCC2)c1)c1cn[nH]n1. The maximum absolute atomic E-state index is 4.26. The van der Waals surface area contributed by atoms with Crippen LogP contribution in [0.15, 0.2) is 30.5 Å². The van der Waals surface area contributed by atoms with E-state index in [0.29, 0.717) is 0 Å². The molecule has 3 rings (SSSR count). The second-order valence-corrected chi connectivity index (χ2v) is 5.58. The first-order valence-electron chi connectivity index (χ1n) is 7.57. The Kier molecular flexibility index (Phi) is 4.11. The normalized spacial score (nSPS) is 16.9. The van der Waals surface area contributed by atoms with Crippen molar-refractivity contribution in [2.75, 3.05) is 6.54 Å². The first-order valence-corrected chi connectivity index (χ1v) is 7.57. The molecular weight excluding hydrogens is 248 g/mol. The molecule has 2 N–H and O–H groups in total. The van der Waals surface area contributed by atoms with Crippen molar-refractivity contribution in [2.45, 2.75) is 44.6 Å². The monoisotopic (exact) mass is 270 g/mol. The molecule has 20 heavy (non-hydrogen) atoms. The molecule has 0 bridgehead atoms. The minimum absolute atomic E-state index is 0.133. The lowest BCUT2D eigenvalue weighted by atomic mass is 9.79. The molecule has 4 nitrogen and oxygen atoms in total. The minimum Gasteiger partial charge on any atom is -0.305 e. The van der Waals surface area contributed by atoms with Gasteiger partial charge in [0.2, 0.25) is 0 Å². The van der Waals surface area contributed by atoms with Crippen LogP contribution in [0.1, 0.15) is 61.4 Å². The molecule has 4 heteroatoms. The van der Waals surface area contributed by atoms with Crippen molar-refractivity contribution < 1.29 is 0 Å². The van der Waals surface area contributed by atoms with Crippen LogP contribution in [0.3, 0.4) is 0 Å². The standard InChI is InChI=1S/C16H22N4/c1-2-9-17-16(15-11-18-20-19-15)14-8-4-7-13(10-14)12-5-3-6-12/h4,7-8,10-12,16-17H,2-3,5-6,9H2,1H3,(H,18,19,20). The highest BCUT2D eigenvalue weighted by atomic mass is 15.3. The summed E-state index contributed by atoms with van der Waals surface area (Å²) in [6, 6.07) is 9.08. The van der Waals surface area contributed by atoms with Crippen LogP contribution in [0.4, 0.5) is 0 Å². The number of benzene rings is 1. The molecule has 1 atom stereocenters. The minimum atomic E-state index is 0.133. The van der Waals surface area contributed by atoms with Crippen LogP contribution in [0.25, 0.3) is 0 Å². The Morgan fingerprint density at radius 1 is 1.40 bits per heavy atom. The van der Waals surface area contributed by atoms with Gasteiger partial charge in [0.15, 0.2) is 0 Å². The molecule has 2 aromatic rings. The molecule has 0 radical (unpaired) electrons. The predicted molar refractivity (Wildman–Crippen MR) is 79.6 cm³/mol. The molecule has 0 aliphatic heterocycles. The Bertz CT molecular complexity index is 531. The molecule has 1 saturated carbocycles. The van der Waals surface area contributed by atoms with Gasteiger partial charge in [-0.15, -0.1) is 0 Å². The number of hydrogen-bond donors (Lipinski definition) is 2. The Morgan fingerprint density at radius 3 is 2.95 bits per heavy atom. The summed E-state index contributed by atoms with van der Waals surface area (Å²) in [5.74, 6) is 0.763. The van der Waals surface area contributed by atoms with Crippen LogP contribution in [0, 0.1) is 0 Å². The van der Waals surface area contributed by atoms with Gasteiger partial charge in [-0.3, -0.25) is 0 Å². The summed E-state index contributed by atoms with van der Waals surface area (Å²) in [4.78, 5) is 0. The highest BCUT2D eigenvalue weighted by molar-refractivity contribution is 5.33. The van der Waals surface area contributed by atoms with Crippen molar-refractivity contribution in [2.24, 2.45) is 0 Å². The van der Waals surface area contributed by atoms with E-state index < -0.39 is 0 Å². The van der Waals surface area contributed by atoms with Gasteiger partial charge >= 0.3 is 0 Å². The summed E-state index contributed by atoms with van der Waals surface area (Å²) in [6.45, 7) is 3.16. The highest BCUT2D eigenvalue weighted by Gasteiger charge is 2.22. The van der Waals surface area contributed by atoms with Crippen LogP contribution in [0.5, 0.6) is 0 Å². The third-order valence-electron chi connectivity index (χ3n) is 4.15. The van der Waals surface area contributed by atoms with E-state index in [1.165, 1.54) is 30.4 Å². The van der Waals surface area contributed by atoms with Crippen LogP contribution in [0.2, 0.25) is 0 Å². The van der Waals surface area contributed by atoms with Gasteiger partial charge in [-0.1, -0.05) is 37.6 Å². The zero-order chi connectivity index (χ0) is 13.8. The number of rotatable bonds is 6. The first-order chi connectivity index (χ1) is 9.88. The average molecular weight is 270 g/mol. The molecule has 106 valence electrons. The smallest absolute Gasteiger partial charge is 0.104 e. The van der Waals surface area contributed by atoms with Crippen molar-refractivity contribution in [1.29, 1.82) is 0 Å². The van der Waals surface area contributed by atoms with Gasteiger partial charge in [-0.25, -0.2) is 0 Å². The number of nitrogens with one attached hydrogen (secondary N) is 2. The maximum Gasteiger partial charge on any atom is 0.104 e. The zero-order valence-electron chi connectivity index (χ0n) is 12.0. The fourth-order valence-electron chi connectivity index (χ4n) is 2.77. The van der Waals surface area contributed by atoms with E-state index in [0.717, 1.165) is 24.6 Å². The van der Waals surface area contributed by atoms with E-state index in [1.54, 1.807) is 0 Å². The molecule has 1 aromatic carbocycles. The van der Waals surface area contributed by atoms with Crippen molar-refractivity contribution in [3.63, 3.8) is 0 Å². The zero-order valence-corrected chi connectivity index (χ0v) is 12.0. The van der Waals surface area contributed by atoms with E-state index in [1.807, 2.05) is 6.20 Å². The van der Waals surface area contributed by atoms with Gasteiger partial charge in [0, 0.05) is 0 Å². The molecule has 1 aromatic heterocycles. The average Bonchev–Trinajstić information content (AvgIpc) is 2.92. The molecule has 0 spiro atoms. The van der Waals surface area contributed by atoms with Gasteiger partial charge in [-0.05, 0) is 42.9 Å². The van der Waals surface area contributed by atoms with E-state index >= 15 is 0 Å². The lowest BCUT2D eigenvalue weighted by Gasteiger charge is -2.27. The van der Waals surface area contributed by atoms with Gasteiger partial charge in [0.05, 0.1) is 12.2 Å². The van der Waals surface area contributed by atoms with E-state index in [9.17, 15) is 0 Å². The fraction of sp³-hybridized carbons (Fsp3) is 0.500. The number of nitrogens with zero attached hydrogens (tertiary/aromatic N) is 2. The summed E-state index contributed by atoms with van der Waals surface area (Å²) < 4.78 is 0. The molecule has 1 heterocycles. The van der Waals surface area contributed by atoms with Crippen LogP contribution in [-0.4, -0.2) is 22.0 Å². The van der Waals surface area contributed by atoms with Crippen LogP contribution in [-0.2, 0) is 0 Å². The van der Waals surface area contributed by atoms with E-state index in [2.05, 4.69) is 51.9 Å². The summed E-state index contributed by atoms with van der Waals surface area (Å²) >= 11 is 0. The Labute approximate surface area is 120 Å². The lowest BCUT2D eigenvalue weighted by molar-refractivity contribution is 0.419. The lowest BCUT2D eigenvalue weighted by Crippen LogP contribution is -2.24. The largest absolute Gasteiger partial charge is 0.305 e. The highest BCUT2D eigenvalue weighted by Crippen LogP contribution is 2.37. The molecule has 1 fully saturated rings. The number of hydrogen-bond acceptors (Lipinski definition) is 3. The van der Waals surface area contributed by atoms with Crippen LogP contribution < -0.4 is 5.32 Å². The Balaban J connectivity index is 1.86. The molecule has 1 aliphatic rings. The quantitative estimate of drug-likeness (QED) is 0.847. The predicted octanol–water partition coefficient (Wildman–Crippen LogP) is 3.16. The van der Waals surface area contributed by atoms with Crippen molar-refractivity contribution in [1.82, 2.24) is 20.7 Å². The Morgan fingerprint density at radius 2 is 2.30 bits per heavy atom. The van der Waals surface area contributed by atoms with E-state index in [4.69, 9.17) is 0 Å². The Hall–Kier alpha value is -1.68. The summed E-state index contributed by atoms with van der Waals surface area (Å²) in [5, 5.41) is 14.5. The number of aromatic nitrogens is 3. The summed E-state index contributed by atoms with van der Waals surface area (Å²) in [7, 11) is 0. The second kappa shape index (κ2) is 6.18. The number of H-pyrrole nitrogens is 1. The topological polar surface area (TPSA) is 53.6 Å². The maximum atomic E-state index is 4.26. The number of aromatic amines is 1. The van der Waals surface area contributed by atoms with Crippen molar-refractivity contribution >= 4 is 0 Å². The van der Waals surface area contributed by atoms with Crippen LogP contribution >= 0.6 is 0 Å². The van der Waals surface area contributed by atoms with Crippen molar-refractivity contribution in [3.05, 3.63) is 47.3 Å². The molecule has 0 saturated heterocycles. The fourth-order valence-corrected chi connectivity index (χ4v) is 2.77. The molecule has 1 unspecified atom stereocenters. The molecular formula is C16H22N4. The third kappa shape index (κ3) is 2.75. The molecule has 0 amide bonds. The second-order valence-electron chi connectivity index (χ2n) is 5.58. The molecule has 1 aliphatic carbocycles. The summed E-state index contributed by atoms with van der Waals surface area (Å²) in [5.41, 5.74) is 3.72. The van der Waals surface area contributed by atoms with E-state index in [-0.39, 0.29) is 6.04 Å². The van der Waals surface area contributed by atoms with Gasteiger partial charge in [-0.2, -0.15) is 15.4 Å². The summed E-state index contributed by atoms with van der Waals surface area (Å²) in [6.07, 6.45) is 6.96. The van der Waals surface area contributed by atoms with Crippen molar-refractivity contribution in [3.8, 4) is 0 Å². The van der Waals surface area contributed by atoms with Gasteiger partial charge in [0.25, 0.3) is 0 Å². The van der Waals surface area contributed by atoms with Gasteiger partial charge < -0.3 is 5.32 Å². The van der Waals surface area contributed by atoms with Gasteiger partial charge in [0.1, 0.15) is 5.69 Å². The third-order valence-corrected chi connectivity index (χ3v) is 4.15. The first kappa shape index (κ1) is 13.3.